The van der Waals surface area contributed by atoms with Gasteiger partial charge in [-0.2, -0.15) is 0 Å². The van der Waals surface area contributed by atoms with Crippen LogP contribution in [0.15, 0.2) is 24.3 Å². The van der Waals surface area contributed by atoms with Crippen LogP contribution in [-0.4, -0.2) is 35.8 Å². The van der Waals surface area contributed by atoms with Gasteiger partial charge in [0.15, 0.2) is 0 Å². The third-order valence-electron chi connectivity index (χ3n) is 5.55. The normalized spacial score (nSPS) is 27.0. The van der Waals surface area contributed by atoms with E-state index in [0.29, 0.717) is 6.42 Å². The molecule has 0 N–H and O–H groups in total. The van der Waals surface area contributed by atoms with Crippen LogP contribution in [0.2, 0.25) is 0 Å². The SMILES string of the molecule is CCC1(C)CCCN(C(=O)[C@@H]2Cc3ccccc3N2C(C)=O)C1. The molecule has 1 unspecified atom stereocenters. The Morgan fingerprint density at radius 3 is 2.74 bits per heavy atom. The Kier molecular flexibility index (Phi) is 4.17. The smallest absolute Gasteiger partial charge is 0.246 e. The second kappa shape index (κ2) is 5.99. The number of amides is 2. The lowest BCUT2D eigenvalue weighted by molar-refractivity contribution is -0.137. The molecule has 3 rings (SSSR count). The van der Waals surface area contributed by atoms with Crippen molar-refractivity contribution in [2.75, 3.05) is 18.0 Å². The van der Waals surface area contributed by atoms with Crippen molar-refractivity contribution in [1.82, 2.24) is 4.90 Å². The standard InChI is InChI=1S/C19H26N2O2/c1-4-19(3)10-7-11-20(13-19)18(23)17-12-15-8-5-6-9-16(15)21(17)14(2)22/h5-6,8-9,17H,4,7,10-13H2,1-3H3/t17-,19?/m0/s1. The molecule has 1 fully saturated rings. The number of nitrogens with zero attached hydrogens (tertiary/aromatic N) is 2. The lowest BCUT2D eigenvalue weighted by atomic mass is 9.79. The summed E-state index contributed by atoms with van der Waals surface area (Å²) in [5.41, 5.74) is 2.20. The third-order valence-corrected chi connectivity index (χ3v) is 5.55. The number of carbonyl (C=O) groups is 2. The van der Waals surface area contributed by atoms with Crippen LogP contribution in [0.3, 0.4) is 0 Å². The highest BCUT2D eigenvalue weighted by Crippen LogP contribution is 2.36. The summed E-state index contributed by atoms with van der Waals surface area (Å²) >= 11 is 0. The van der Waals surface area contributed by atoms with Crippen LogP contribution in [0.4, 0.5) is 5.69 Å². The monoisotopic (exact) mass is 314 g/mol. The van der Waals surface area contributed by atoms with Crippen LogP contribution >= 0.6 is 0 Å². The Morgan fingerprint density at radius 2 is 2.04 bits per heavy atom. The molecule has 0 saturated carbocycles. The van der Waals surface area contributed by atoms with Crippen molar-refractivity contribution in [2.45, 2.75) is 52.5 Å². The van der Waals surface area contributed by atoms with Crippen LogP contribution in [0.5, 0.6) is 0 Å². The van der Waals surface area contributed by atoms with E-state index < -0.39 is 0 Å². The van der Waals surface area contributed by atoms with Gasteiger partial charge in [-0.15, -0.1) is 0 Å². The molecule has 124 valence electrons. The van der Waals surface area contributed by atoms with Gasteiger partial charge in [0.25, 0.3) is 0 Å². The highest BCUT2D eigenvalue weighted by atomic mass is 16.2. The van der Waals surface area contributed by atoms with Crippen molar-refractivity contribution in [1.29, 1.82) is 0 Å². The quantitative estimate of drug-likeness (QED) is 0.842. The molecule has 1 aromatic rings. The van der Waals surface area contributed by atoms with Gasteiger partial charge in [0.1, 0.15) is 6.04 Å². The Bertz CT molecular complexity index is 628. The maximum absolute atomic E-state index is 13.1. The number of likely N-dealkylation sites (tertiary alicyclic amines) is 1. The first-order valence-electron chi connectivity index (χ1n) is 8.62. The van der Waals surface area contributed by atoms with E-state index in [0.717, 1.165) is 37.2 Å². The van der Waals surface area contributed by atoms with Gasteiger partial charge >= 0.3 is 0 Å². The fourth-order valence-corrected chi connectivity index (χ4v) is 3.98. The number of benzene rings is 1. The minimum Gasteiger partial charge on any atom is -0.340 e. The molecule has 0 spiro atoms. The molecule has 0 aromatic heterocycles. The van der Waals surface area contributed by atoms with Crippen LogP contribution in [-0.2, 0) is 16.0 Å². The Hall–Kier alpha value is -1.84. The Morgan fingerprint density at radius 1 is 1.30 bits per heavy atom. The minimum atomic E-state index is -0.371. The number of carbonyl (C=O) groups excluding carboxylic acids is 2. The molecule has 2 atom stereocenters. The average Bonchev–Trinajstić information content (AvgIpc) is 2.93. The molecule has 2 aliphatic heterocycles. The van der Waals surface area contributed by atoms with E-state index in [2.05, 4.69) is 13.8 Å². The van der Waals surface area contributed by atoms with E-state index in [1.807, 2.05) is 29.2 Å². The second-order valence-electron chi connectivity index (χ2n) is 7.27. The summed E-state index contributed by atoms with van der Waals surface area (Å²) in [7, 11) is 0. The first-order valence-corrected chi connectivity index (χ1v) is 8.62. The van der Waals surface area contributed by atoms with Crippen LogP contribution in [0, 0.1) is 5.41 Å². The van der Waals surface area contributed by atoms with E-state index in [-0.39, 0.29) is 23.3 Å². The van der Waals surface area contributed by atoms with Crippen molar-refractivity contribution < 1.29 is 9.59 Å². The van der Waals surface area contributed by atoms with Crippen molar-refractivity contribution in [3.63, 3.8) is 0 Å². The van der Waals surface area contributed by atoms with Crippen molar-refractivity contribution >= 4 is 17.5 Å². The molecular formula is C19H26N2O2. The highest BCUT2D eigenvalue weighted by Gasteiger charge is 2.41. The topological polar surface area (TPSA) is 40.6 Å². The number of fused-ring (bicyclic) bond motifs is 1. The number of hydrogen-bond acceptors (Lipinski definition) is 2. The van der Waals surface area contributed by atoms with Crippen molar-refractivity contribution in [3.8, 4) is 0 Å². The van der Waals surface area contributed by atoms with Gasteiger partial charge in [0, 0.05) is 32.1 Å². The molecule has 0 radical (unpaired) electrons. The van der Waals surface area contributed by atoms with Crippen LogP contribution in [0.25, 0.3) is 0 Å². The zero-order chi connectivity index (χ0) is 16.6. The van der Waals surface area contributed by atoms with Gasteiger partial charge in [-0.1, -0.05) is 32.0 Å². The lowest BCUT2D eigenvalue weighted by Crippen LogP contribution is -2.53. The summed E-state index contributed by atoms with van der Waals surface area (Å²) in [6, 6.07) is 7.49. The van der Waals surface area contributed by atoms with Crippen LogP contribution < -0.4 is 4.90 Å². The fraction of sp³-hybridized carbons (Fsp3) is 0.579. The van der Waals surface area contributed by atoms with Gasteiger partial charge in [-0.3, -0.25) is 14.5 Å². The van der Waals surface area contributed by atoms with Crippen molar-refractivity contribution in [3.05, 3.63) is 29.8 Å². The number of anilines is 1. The molecule has 0 aliphatic carbocycles. The molecule has 4 heteroatoms. The first-order chi connectivity index (χ1) is 10.9. The van der Waals surface area contributed by atoms with Gasteiger partial charge < -0.3 is 4.90 Å². The molecule has 2 heterocycles. The number of para-hydroxylation sites is 1. The summed E-state index contributed by atoms with van der Waals surface area (Å²) in [5.74, 6) is 0.0549. The molecule has 2 amide bonds. The predicted octanol–water partition coefficient (Wildman–Crippen LogP) is 3.00. The van der Waals surface area contributed by atoms with Gasteiger partial charge in [0.2, 0.25) is 11.8 Å². The van der Waals surface area contributed by atoms with Crippen molar-refractivity contribution in [2.24, 2.45) is 5.41 Å². The molecule has 2 aliphatic rings. The van der Waals surface area contributed by atoms with E-state index in [1.54, 1.807) is 11.8 Å². The van der Waals surface area contributed by atoms with E-state index in [4.69, 9.17) is 0 Å². The largest absolute Gasteiger partial charge is 0.340 e. The maximum atomic E-state index is 13.1. The summed E-state index contributed by atoms with van der Waals surface area (Å²) in [5, 5.41) is 0. The first kappa shape index (κ1) is 16.0. The second-order valence-corrected chi connectivity index (χ2v) is 7.27. The number of hydrogen-bond donors (Lipinski definition) is 0. The van der Waals surface area contributed by atoms with E-state index in [1.165, 1.54) is 6.42 Å². The minimum absolute atomic E-state index is 0.0523. The van der Waals surface area contributed by atoms with Gasteiger partial charge in [0.05, 0.1) is 0 Å². The Balaban J connectivity index is 1.84. The highest BCUT2D eigenvalue weighted by molar-refractivity contribution is 6.02. The number of rotatable bonds is 2. The average molecular weight is 314 g/mol. The molecule has 0 bridgehead atoms. The molecule has 4 nitrogen and oxygen atoms in total. The summed E-state index contributed by atoms with van der Waals surface area (Å²) in [6.45, 7) is 7.63. The Labute approximate surface area is 138 Å². The molecule has 1 saturated heterocycles. The fourth-order valence-electron chi connectivity index (χ4n) is 3.98. The zero-order valence-electron chi connectivity index (χ0n) is 14.3. The molecule has 1 aromatic carbocycles. The van der Waals surface area contributed by atoms with E-state index in [9.17, 15) is 9.59 Å². The third kappa shape index (κ3) is 2.87. The molecule has 23 heavy (non-hydrogen) atoms. The van der Waals surface area contributed by atoms with Crippen LogP contribution in [0.1, 0.15) is 45.6 Å². The zero-order valence-corrected chi connectivity index (χ0v) is 14.3. The predicted molar refractivity (Wildman–Crippen MR) is 91.3 cm³/mol. The maximum Gasteiger partial charge on any atom is 0.246 e. The number of piperidine rings is 1. The lowest BCUT2D eigenvalue weighted by Gasteiger charge is -2.41. The van der Waals surface area contributed by atoms with Gasteiger partial charge in [-0.25, -0.2) is 0 Å². The summed E-state index contributed by atoms with van der Waals surface area (Å²) < 4.78 is 0. The van der Waals surface area contributed by atoms with E-state index >= 15 is 0 Å². The summed E-state index contributed by atoms with van der Waals surface area (Å²) in [4.78, 5) is 28.9. The van der Waals surface area contributed by atoms with Gasteiger partial charge in [-0.05, 0) is 36.3 Å². The summed E-state index contributed by atoms with van der Waals surface area (Å²) in [6.07, 6.45) is 3.94. The molecular weight excluding hydrogens is 288 g/mol.